The summed E-state index contributed by atoms with van der Waals surface area (Å²) in [5.74, 6) is 0. The Morgan fingerprint density at radius 1 is 1.33 bits per heavy atom. The largest absolute Gasteiger partial charge is 0.389 e. The number of rotatable bonds is 2. The molecule has 1 atom stereocenters. The lowest BCUT2D eigenvalue weighted by Gasteiger charge is -2.26. The van der Waals surface area contributed by atoms with Gasteiger partial charge in [-0.15, -0.1) is 0 Å². The molecule has 0 aliphatic carbocycles. The van der Waals surface area contributed by atoms with Gasteiger partial charge in [-0.1, -0.05) is 11.6 Å². The highest BCUT2D eigenvalue weighted by Crippen LogP contribution is 2.30. The Kier molecular flexibility index (Phi) is 3.99. The molecule has 1 aromatic rings. The van der Waals surface area contributed by atoms with Crippen molar-refractivity contribution in [2.45, 2.75) is 38.2 Å². The third-order valence-electron chi connectivity index (χ3n) is 3.92. The molecule has 0 aromatic carbocycles. The minimum Gasteiger partial charge on any atom is -0.389 e. The monoisotopic (exact) mass is 271 g/mol. The van der Waals surface area contributed by atoms with E-state index in [0.717, 1.165) is 43.6 Å². The topological polar surface area (TPSA) is 41.3 Å². The van der Waals surface area contributed by atoms with Crippen molar-refractivity contribution in [2.24, 2.45) is 7.05 Å². The van der Waals surface area contributed by atoms with E-state index in [1.165, 1.54) is 0 Å². The molecule has 1 aliphatic rings. The normalized spacial score (nSPS) is 26.3. The van der Waals surface area contributed by atoms with Crippen LogP contribution in [0.15, 0.2) is 0 Å². The van der Waals surface area contributed by atoms with Crippen LogP contribution in [0.1, 0.15) is 30.5 Å². The fourth-order valence-corrected chi connectivity index (χ4v) is 2.94. The number of nitrogens with zero attached hydrogens (tertiary/aromatic N) is 3. The fraction of sp³-hybridized carbons (Fsp3) is 0.769. The van der Waals surface area contributed by atoms with Gasteiger partial charge in [-0.2, -0.15) is 5.10 Å². The Hall–Kier alpha value is -0.580. The first-order valence-electron chi connectivity index (χ1n) is 6.50. The van der Waals surface area contributed by atoms with Crippen LogP contribution in [0.3, 0.4) is 0 Å². The third kappa shape index (κ3) is 2.87. The molecular formula is C13H22ClN3O. The maximum absolute atomic E-state index is 10.8. The zero-order valence-electron chi connectivity index (χ0n) is 11.4. The summed E-state index contributed by atoms with van der Waals surface area (Å²) < 4.78 is 1.68. The van der Waals surface area contributed by atoms with Crippen LogP contribution in [-0.2, 0) is 13.5 Å². The number of aryl methyl sites for hydroxylation is 2. The Bertz CT molecular complexity index is 432. The van der Waals surface area contributed by atoms with Gasteiger partial charge in [0, 0.05) is 25.6 Å². The van der Waals surface area contributed by atoms with Crippen molar-refractivity contribution in [3.05, 3.63) is 16.4 Å². The summed E-state index contributed by atoms with van der Waals surface area (Å²) in [5.41, 5.74) is 1.28. The lowest BCUT2D eigenvalue weighted by molar-refractivity contribution is 0.0262. The van der Waals surface area contributed by atoms with Gasteiger partial charge in [0.1, 0.15) is 5.15 Å². The van der Waals surface area contributed by atoms with Gasteiger partial charge in [-0.3, -0.25) is 4.68 Å². The predicted molar refractivity (Wildman–Crippen MR) is 73.0 cm³/mol. The minimum atomic E-state index is -0.637. The van der Waals surface area contributed by atoms with E-state index in [1.54, 1.807) is 4.68 Å². The number of halogens is 1. The summed E-state index contributed by atoms with van der Waals surface area (Å²) in [6.45, 7) is 3.95. The summed E-state index contributed by atoms with van der Waals surface area (Å²) in [6.07, 6.45) is 3.28. The highest BCUT2D eigenvalue weighted by molar-refractivity contribution is 6.30. The highest BCUT2D eigenvalue weighted by Gasteiger charge is 2.31. The molecule has 1 fully saturated rings. The Morgan fingerprint density at radius 3 is 2.67 bits per heavy atom. The Morgan fingerprint density at radius 2 is 2.06 bits per heavy atom. The summed E-state index contributed by atoms with van der Waals surface area (Å²) >= 11 is 6.24. The van der Waals surface area contributed by atoms with Crippen molar-refractivity contribution < 1.29 is 5.11 Å². The first kappa shape index (κ1) is 13.8. The summed E-state index contributed by atoms with van der Waals surface area (Å²) in [6, 6.07) is 0. The highest BCUT2D eigenvalue weighted by atomic mass is 35.5. The number of hydrogen-bond acceptors (Lipinski definition) is 3. The predicted octanol–water partition coefficient (Wildman–Crippen LogP) is 1.77. The van der Waals surface area contributed by atoms with Gasteiger partial charge < -0.3 is 10.0 Å². The molecule has 1 aliphatic heterocycles. The lowest BCUT2D eigenvalue weighted by Crippen LogP contribution is -2.33. The molecule has 5 heteroatoms. The number of aromatic nitrogens is 2. The average Bonchev–Trinajstić information content (AvgIpc) is 2.48. The van der Waals surface area contributed by atoms with Gasteiger partial charge in [-0.05, 0) is 39.8 Å². The van der Waals surface area contributed by atoms with E-state index in [0.29, 0.717) is 11.6 Å². The molecule has 102 valence electrons. The van der Waals surface area contributed by atoms with Crippen LogP contribution in [0.2, 0.25) is 5.15 Å². The molecule has 0 radical (unpaired) electrons. The lowest BCUT2D eigenvalue weighted by atomic mass is 9.88. The van der Waals surface area contributed by atoms with Crippen molar-refractivity contribution >= 4 is 11.6 Å². The first-order chi connectivity index (χ1) is 8.41. The molecule has 0 bridgehead atoms. The second kappa shape index (κ2) is 5.19. The molecule has 1 N–H and O–H groups in total. The summed E-state index contributed by atoms with van der Waals surface area (Å²) in [4.78, 5) is 2.27. The van der Waals surface area contributed by atoms with E-state index in [1.807, 2.05) is 14.0 Å². The quantitative estimate of drug-likeness (QED) is 0.891. The van der Waals surface area contributed by atoms with E-state index in [2.05, 4.69) is 17.0 Å². The van der Waals surface area contributed by atoms with Gasteiger partial charge in [0.25, 0.3) is 0 Å². The maximum Gasteiger partial charge on any atom is 0.130 e. The SMILES string of the molecule is Cc1nn(C)c(Cl)c1CC1(O)CCCN(C)CC1. The zero-order valence-corrected chi connectivity index (χ0v) is 12.2. The van der Waals surface area contributed by atoms with Gasteiger partial charge in [-0.25, -0.2) is 0 Å². The van der Waals surface area contributed by atoms with E-state index >= 15 is 0 Å². The molecule has 1 aromatic heterocycles. The average molecular weight is 272 g/mol. The van der Waals surface area contributed by atoms with Crippen molar-refractivity contribution in [1.82, 2.24) is 14.7 Å². The van der Waals surface area contributed by atoms with Crippen molar-refractivity contribution in [2.75, 3.05) is 20.1 Å². The van der Waals surface area contributed by atoms with E-state index in [-0.39, 0.29) is 0 Å². The fourth-order valence-electron chi connectivity index (χ4n) is 2.69. The second-order valence-corrected chi connectivity index (χ2v) is 5.89. The van der Waals surface area contributed by atoms with Crippen LogP contribution in [0.25, 0.3) is 0 Å². The van der Waals surface area contributed by atoms with Crippen LogP contribution in [0.5, 0.6) is 0 Å². The van der Waals surface area contributed by atoms with Crippen LogP contribution in [0, 0.1) is 6.92 Å². The van der Waals surface area contributed by atoms with Gasteiger partial charge in [0.15, 0.2) is 0 Å². The molecule has 1 saturated heterocycles. The van der Waals surface area contributed by atoms with E-state index in [9.17, 15) is 5.11 Å². The molecule has 2 heterocycles. The molecule has 0 saturated carbocycles. The summed E-state index contributed by atoms with van der Waals surface area (Å²) in [7, 11) is 3.94. The smallest absolute Gasteiger partial charge is 0.130 e. The van der Waals surface area contributed by atoms with Crippen molar-refractivity contribution in [1.29, 1.82) is 0 Å². The van der Waals surface area contributed by atoms with Crippen LogP contribution < -0.4 is 0 Å². The number of aliphatic hydroxyl groups is 1. The van der Waals surface area contributed by atoms with Crippen LogP contribution in [0.4, 0.5) is 0 Å². The van der Waals surface area contributed by atoms with Crippen LogP contribution >= 0.6 is 11.6 Å². The molecular weight excluding hydrogens is 250 g/mol. The van der Waals surface area contributed by atoms with Gasteiger partial charge >= 0.3 is 0 Å². The van der Waals surface area contributed by atoms with E-state index < -0.39 is 5.60 Å². The first-order valence-corrected chi connectivity index (χ1v) is 6.88. The van der Waals surface area contributed by atoms with Crippen LogP contribution in [-0.4, -0.2) is 45.5 Å². The summed E-state index contributed by atoms with van der Waals surface area (Å²) in [5, 5.41) is 15.7. The minimum absolute atomic E-state index is 0.610. The number of likely N-dealkylation sites (tertiary alicyclic amines) is 1. The molecule has 2 rings (SSSR count). The standard InChI is InChI=1S/C13H22ClN3O/c1-10-11(12(14)17(3)15-10)9-13(18)5-4-7-16(2)8-6-13/h18H,4-9H2,1-3H3. The molecule has 0 spiro atoms. The molecule has 1 unspecified atom stereocenters. The van der Waals surface area contributed by atoms with E-state index in [4.69, 9.17) is 11.6 Å². The Labute approximate surface area is 114 Å². The van der Waals surface area contributed by atoms with Gasteiger partial charge in [0.2, 0.25) is 0 Å². The Balaban J connectivity index is 2.16. The molecule has 4 nitrogen and oxygen atoms in total. The van der Waals surface area contributed by atoms with Crippen molar-refractivity contribution in [3.63, 3.8) is 0 Å². The maximum atomic E-state index is 10.8. The third-order valence-corrected chi connectivity index (χ3v) is 4.39. The second-order valence-electron chi connectivity index (χ2n) is 5.54. The zero-order chi connectivity index (χ0) is 13.3. The number of hydrogen-bond donors (Lipinski definition) is 1. The van der Waals surface area contributed by atoms with Crippen molar-refractivity contribution in [3.8, 4) is 0 Å². The molecule has 18 heavy (non-hydrogen) atoms. The molecule has 0 amide bonds. The van der Waals surface area contributed by atoms with Gasteiger partial charge in [0.05, 0.1) is 11.3 Å².